The summed E-state index contributed by atoms with van der Waals surface area (Å²) in [6.07, 6.45) is 6.13. The highest BCUT2D eigenvalue weighted by Crippen LogP contribution is 2.35. The summed E-state index contributed by atoms with van der Waals surface area (Å²) in [6, 6.07) is 0.361. The second-order valence-electron chi connectivity index (χ2n) is 4.44. The maximum Gasteiger partial charge on any atom is 0.238 e. The fourth-order valence-corrected chi connectivity index (χ4v) is 3.23. The molecule has 0 spiro atoms. The van der Waals surface area contributed by atoms with E-state index in [4.69, 9.17) is 17.4 Å². The van der Waals surface area contributed by atoms with Crippen LogP contribution in [0.1, 0.15) is 31.7 Å². The van der Waals surface area contributed by atoms with Gasteiger partial charge in [0.2, 0.25) is 11.1 Å². The van der Waals surface area contributed by atoms with E-state index in [9.17, 15) is 0 Å². The minimum atomic E-state index is 0.303. The summed E-state index contributed by atoms with van der Waals surface area (Å²) in [5, 5.41) is 13.6. The fourth-order valence-electron chi connectivity index (χ4n) is 2.21. The summed E-state index contributed by atoms with van der Waals surface area (Å²) >= 11 is 7.40. The summed E-state index contributed by atoms with van der Waals surface area (Å²) in [4.78, 5) is 8.14. The Kier molecular flexibility index (Phi) is 3.99. The normalized spacial score (nSPS) is 15.7. The number of anilines is 1. The van der Waals surface area contributed by atoms with Gasteiger partial charge in [-0.25, -0.2) is 20.5 Å². The molecule has 0 bridgehead atoms. The Morgan fingerprint density at radius 1 is 1.40 bits per heavy atom. The SMILES string of the molecule is NNc1ncc(Cl)c(Sc2nnnn2C2CCCC2)n1. The summed E-state index contributed by atoms with van der Waals surface area (Å²) in [5.74, 6) is 5.60. The third kappa shape index (κ3) is 2.69. The molecule has 3 rings (SSSR count). The lowest BCUT2D eigenvalue weighted by Gasteiger charge is -2.11. The molecular weight excluding hydrogens is 300 g/mol. The average molecular weight is 313 g/mol. The van der Waals surface area contributed by atoms with Gasteiger partial charge in [-0.1, -0.05) is 24.4 Å². The molecule has 0 unspecified atom stereocenters. The van der Waals surface area contributed by atoms with Gasteiger partial charge < -0.3 is 0 Å². The Labute approximate surface area is 124 Å². The van der Waals surface area contributed by atoms with Crippen LogP contribution in [0, 0.1) is 0 Å². The highest BCUT2D eigenvalue weighted by atomic mass is 35.5. The van der Waals surface area contributed by atoms with E-state index in [1.807, 2.05) is 4.68 Å². The minimum Gasteiger partial charge on any atom is -0.292 e. The Balaban J connectivity index is 1.86. The standard InChI is InChI=1S/C10H13ClN8S/c11-7-5-13-9(15-12)14-8(7)20-10-16-17-18-19(10)6-3-1-2-4-6/h5-6H,1-4,12H2,(H,13,14,15). The van der Waals surface area contributed by atoms with E-state index in [0.717, 1.165) is 12.8 Å². The van der Waals surface area contributed by atoms with Crippen molar-refractivity contribution in [1.29, 1.82) is 0 Å². The number of hydrazine groups is 1. The maximum absolute atomic E-state index is 6.09. The van der Waals surface area contributed by atoms with E-state index < -0.39 is 0 Å². The molecule has 10 heteroatoms. The van der Waals surface area contributed by atoms with Gasteiger partial charge in [0.05, 0.1) is 17.3 Å². The van der Waals surface area contributed by atoms with E-state index in [1.165, 1.54) is 30.8 Å². The molecular formula is C10H13ClN8S. The van der Waals surface area contributed by atoms with Crippen LogP contribution in [0.4, 0.5) is 5.95 Å². The Morgan fingerprint density at radius 2 is 2.20 bits per heavy atom. The van der Waals surface area contributed by atoms with Crippen molar-refractivity contribution in [2.75, 3.05) is 5.43 Å². The van der Waals surface area contributed by atoms with Gasteiger partial charge in [0.15, 0.2) is 0 Å². The first kappa shape index (κ1) is 13.5. The molecule has 1 saturated carbocycles. The number of nitrogens with one attached hydrogen (secondary N) is 1. The molecule has 0 radical (unpaired) electrons. The summed E-state index contributed by atoms with van der Waals surface area (Å²) in [7, 11) is 0. The monoisotopic (exact) mass is 312 g/mol. The number of hydrogen-bond donors (Lipinski definition) is 2. The van der Waals surface area contributed by atoms with Crippen LogP contribution in [-0.2, 0) is 0 Å². The number of hydrogen-bond acceptors (Lipinski definition) is 8. The van der Waals surface area contributed by atoms with Crippen LogP contribution in [-0.4, -0.2) is 30.2 Å². The van der Waals surface area contributed by atoms with Crippen LogP contribution in [0.25, 0.3) is 0 Å². The second-order valence-corrected chi connectivity index (χ2v) is 5.80. The molecule has 3 N–H and O–H groups in total. The molecule has 1 fully saturated rings. The van der Waals surface area contributed by atoms with Crippen LogP contribution in [0.2, 0.25) is 5.02 Å². The van der Waals surface area contributed by atoms with Crippen molar-refractivity contribution in [3.63, 3.8) is 0 Å². The van der Waals surface area contributed by atoms with Crippen LogP contribution in [0.5, 0.6) is 0 Å². The van der Waals surface area contributed by atoms with Crippen LogP contribution < -0.4 is 11.3 Å². The first-order valence-corrected chi connectivity index (χ1v) is 7.42. The Hall–Kier alpha value is -1.45. The van der Waals surface area contributed by atoms with Crippen molar-refractivity contribution in [2.24, 2.45) is 5.84 Å². The van der Waals surface area contributed by atoms with Gasteiger partial charge in [-0.05, 0) is 35.0 Å². The number of nitrogens with zero attached hydrogens (tertiary/aromatic N) is 6. The van der Waals surface area contributed by atoms with Gasteiger partial charge >= 0.3 is 0 Å². The van der Waals surface area contributed by atoms with E-state index >= 15 is 0 Å². The number of aromatic nitrogens is 6. The van der Waals surface area contributed by atoms with Gasteiger partial charge in [-0.2, -0.15) is 0 Å². The summed E-state index contributed by atoms with van der Waals surface area (Å²) in [6.45, 7) is 0. The number of halogens is 1. The van der Waals surface area contributed by atoms with E-state index in [0.29, 0.717) is 27.2 Å². The molecule has 106 valence electrons. The lowest BCUT2D eigenvalue weighted by Crippen LogP contribution is -2.11. The van der Waals surface area contributed by atoms with E-state index in [1.54, 1.807) is 0 Å². The predicted octanol–water partition coefficient (Wildman–Crippen LogP) is 1.67. The molecule has 0 aliphatic heterocycles. The maximum atomic E-state index is 6.09. The zero-order chi connectivity index (χ0) is 13.9. The van der Waals surface area contributed by atoms with Crippen LogP contribution >= 0.6 is 23.4 Å². The molecule has 1 aliphatic rings. The molecule has 2 heterocycles. The van der Waals surface area contributed by atoms with Crippen LogP contribution in [0.3, 0.4) is 0 Å². The highest BCUT2D eigenvalue weighted by Gasteiger charge is 2.22. The predicted molar refractivity (Wildman–Crippen MR) is 74.3 cm³/mol. The zero-order valence-electron chi connectivity index (χ0n) is 10.5. The quantitative estimate of drug-likeness (QED) is 0.498. The van der Waals surface area contributed by atoms with Crippen molar-refractivity contribution < 1.29 is 0 Å². The average Bonchev–Trinajstić information content (AvgIpc) is 3.11. The molecule has 0 saturated heterocycles. The Morgan fingerprint density at radius 3 is 2.95 bits per heavy atom. The topological polar surface area (TPSA) is 107 Å². The summed E-state index contributed by atoms with van der Waals surface area (Å²) in [5.41, 5.74) is 2.39. The van der Waals surface area contributed by atoms with Crippen molar-refractivity contribution in [1.82, 2.24) is 30.2 Å². The smallest absolute Gasteiger partial charge is 0.238 e. The molecule has 0 amide bonds. The minimum absolute atomic E-state index is 0.303. The largest absolute Gasteiger partial charge is 0.292 e. The molecule has 0 aromatic carbocycles. The molecule has 0 atom stereocenters. The van der Waals surface area contributed by atoms with Gasteiger partial charge in [0, 0.05) is 0 Å². The number of nitrogens with two attached hydrogens (primary N) is 1. The lowest BCUT2D eigenvalue weighted by atomic mass is 10.3. The third-order valence-corrected chi connectivity index (χ3v) is 4.51. The Bertz CT molecular complexity index is 597. The van der Waals surface area contributed by atoms with Crippen molar-refractivity contribution in [2.45, 2.75) is 41.9 Å². The fraction of sp³-hybridized carbons (Fsp3) is 0.500. The third-order valence-electron chi connectivity index (χ3n) is 3.16. The van der Waals surface area contributed by atoms with E-state index in [-0.39, 0.29) is 0 Å². The molecule has 1 aliphatic carbocycles. The molecule has 2 aromatic rings. The number of nitrogen functional groups attached to an aromatic ring is 1. The van der Waals surface area contributed by atoms with Crippen LogP contribution in [0.15, 0.2) is 16.4 Å². The highest BCUT2D eigenvalue weighted by molar-refractivity contribution is 7.99. The van der Waals surface area contributed by atoms with Gasteiger partial charge in [-0.15, -0.1) is 5.10 Å². The van der Waals surface area contributed by atoms with E-state index in [2.05, 4.69) is 30.9 Å². The molecule has 2 aromatic heterocycles. The first-order valence-electron chi connectivity index (χ1n) is 6.23. The van der Waals surface area contributed by atoms with Gasteiger partial charge in [0.25, 0.3) is 0 Å². The first-order chi connectivity index (χ1) is 9.78. The van der Waals surface area contributed by atoms with Crippen molar-refractivity contribution in [3.8, 4) is 0 Å². The zero-order valence-corrected chi connectivity index (χ0v) is 12.1. The van der Waals surface area contributed by atoms with Gasteiger partial charge in [0.1, 0.15) is 5.03 Å². The lowest BCUT2D eigenvalue weighted by molar-refractivity contribution is 0.423. The van der Waals surface area contributed by atoms with Crippen molar-refractivity contribution in [3.05, 3.63) is 11.2 Å². The molecule has 20 heavy (non-hydrogen) atoms. The van der Waals surface area contributed by atoms with Crippen molar-refractivity contribution >= 4 is 29.3 Å². The molecule has 8 nitrogen and oxygen atoms in total. The number of tetrazole rings is 1. The second kappa shape index (κ2) is 5.90. The van der Waals surface area contributed by atoms with Gasteiger partial charge in [-0.3, -0.25) is 5.43 Å². The summed E-state index contributed by atoms with van der Waals surface area (Å²) < 4.78 is 1.85. The number of rotatable bonds is 4.